The SMILES string of the molecule is CCNC(=O)CNC(=O)CCn1c(-c2cccs2)n[nH]c1=S. The maximum atomic E-state index is 11.8. The second-order valence-corrected chi connectivity index (χ2v) is 5.80. The van der Waals surface area contributed by atoms with Gasteiger partial charge in [0.1, 0.15) is 0 Å². The van der Waals surface area contributed by atoms with Crippen LogP contribution in [-0.4, -0.2) is 39.7 Å². The lowest BCUT2D eigenvalue weighted by atomic mass is 10.3. The standard InChI is InChI=1S/C13H17N5O2S2/c1-2-14-11(20)8-15-10(19)5-6-18-12(16-17-13(18)21)9-4-3-7-22-9/h3-4,7H,2,5-6,8H2,1H3,(H,14,20)(H,15,19)(H,17,21). The first-order valence-electron chi connectivity index (χ1n) is 6.84. The third kappa shape index (κ3) is 4.25. The molecule has 0 unspecified atom stereocenters. The Morgan fingerprint density at radius 1 is 1.41 bits per heavy atom. The van der Waals surface area contributed by atoms with Crippen LogP contribution in [0.1, 0.15) is 13.3 Å². The molecule has 0 aliphatic heterocycles. The number of aromatic nitrogens is 3. The topological polar surface area (TPSA) is 91.8 Å². The third-order valence-electron chi connectivity index (χ3n) is 2.88. The maximum absolute atomic E-state index is 11.8. The van der Waals surface area contributed by atoms with Crippen molar-refractivity contribution in [3.63, 3.8) is 0 Å². The molecule has 0 aliphatic carbocycles. The molecule has 0 radical (unpaired) electrons. The van der Waals surface area contributed by atoms with Crippen LogP contribution in [0, 0.1) is 4.77 Å². The smallest absolute Gasteiger partial charge is 0.239 e. The average Bonchev–Trinajstić information content (AvgIpc) is 3.13. The lowest BCUT2D eigenvalue weighted by Crippen LogP contribution is -2.37. The molecule has 0 bridgehead atoms. The monoisotopic (exact) mass is 339 g/mol. The van der Waals surface area contributed by atoms with Crippen molar-refractivity contribution in [1.29, 1.82) is 0 Å². The fourth-order valence-corrected chi connectivity index (χ4v) is 2.80. The van der Waals surface area contributed by atoms with Gasteiger partial charge in [0, 0.05) is 19.5 Å². The Hall–Kier alpha value is -2.00. The fourth-order valence-electron chi connectivity index (χ4n) is 1.86. The van der Waals surface area contributed by atoms with Crippen molar-refractivity contribution in [3.8, 4) is 10.7 Å². The Labute approximate surface area is 136 Å². The first-order chi connectivity index (χ1) is 10.6. The summed E-state index contributed by atoms with van der Waals surface area (Å²) in [6.45, 7) is 2.76. The van der Waals surface area contributed by atoms with Gasteiger partial charge in [0.15, 0.2) is 10.6 Å². The number of likely N-dealkylation sites (N-methyl/N-ethyl adjacent to an activating group) is 1. The summed E-state index contributed by atoms with van der Waals surface area (Å²) in [5.74, 6) is 0.318. The van der Waals surface area contributed by atoms with Gasteiger partial charge in [-0.1, -0.05) is 6.07 Å². The van der Waals surface area contributed by atoms with E-state index < -0.39 is 0 Å². The van der Waals surface area contributed by atoms with Crippen molar-refractivity contribution in [2.24, 2.45) is 0 Å². The van der Waals surface area contributed by atoms with Gasteiger partial charge in [0.2, 0.25) is 11.8 Å². The van der Waals surface area contributed by atoms with Crippen molar-refractivity contribution in [2.75, 3.05) is 13.1 Å². The lowest BCUT2D eigenvalue weighted by molar-refractivity contribution is -0.126. The summed E-state index contributed by atoms with van der Waals surface area (Å²) in [7, 11) is 0. The average molecular weight is 339 g/mol. The van der Waals surface area contributed by atoms with E-state index in [1.165, 1.54) is 0 Å². The number of rotatable bonds is 7. The van der Waals surface area contributed by atoms with Crippen LogP contribution in [0.25, 0.3) is 10.7 Å². The molecule has 0 aromatic carbocycles. The van der Waals surface area contributed by atoms with Gasteiger partial charge in [-0.25, -0.2) is 0 Å². The number of thiophene rings is 1. The van der Waals surface area contributed by atoms with Crippen LogP contribution in [0.15, 0.2) is 17.5 Å². The van der Waals surface area contributed by atoms with Gasteiger partial charge in [0.05, 0.1) is 11.4 Å². The van der Waals surface area contributed by atoms with E-state index in [0.717, 1.165) is 10.7 Å². The number of nitrogens with one attached hydrogen (secondary N) is 3. The highest BCUT2D eigenvalue weighted by Gasteiger charge is 2.11. The Kier molecular flexibility index (Phi) is 5.84. The lowest BCUT2D eigenvalue weighted by Gasteiger charge is -2.07. The van der Waals surface area contributed by atoms with E-state index in [0.29, 0.717) is 17.9 Å². The van der Waals surface area contributed by atoms with Gasteiger partial charge in [-0.05, 0) is 30.6 Å². The largest absolute Gasteiger partial charge is 0.355 e. The molecule has 2 heterocycles. The predicted octanol–water partition coefficient (Wildman–Crippen LogP) is 1.31. The normalized spacial score (nSPS) is 10.4. The van der Waals surface area contributed by atoms with E-state index in [4.69, 9.17) is 12.2 Å². The van der Waals surface area contributed by atoms with Crippen molar-refractivity contribution >= 4 is 35.4 Å². The molecule has 0 fully saturated rings. The zero-order valence-electron chi connectivity index (χ0n) is 12.1. The van der Waals surface area contributed by atoms with Gasteiger partial charge < -0.3 is 10.6 Å². The molecule has 3 N–H and O–H groups in total. The van der Waals surface area contributed by atoms with Gasteiger partial charge in [-0.3, -0.25) is 19.3 Å². The van der Waals surface area contributed by atoms with Gasteiger partial charge in [-0.15, -0.1) is 11.3 Å². The van der Waals surface area contributed by atoms with Crippen LogP contribution in [0.5, 0.6) is 0 Å². The second-order valence-electron chi connectivity index (χ2n) is 4.46. The van der Waals surface area contributed by atoms with E-state index in [2.05, 4.69) is 20.8 Å². The fraction of sp³-hybridized carbons (Fsp3) is 0.385. The molecule has 118 valence electrons. The van der Waals surface area contributed by atoms with Crippen molar-refractivity contribution in [1.82, 2.24) is 25.4 Å². The van der Waals surface area contributed by atoms with Crippen LogP contribution >= 0.6 is 23.6 Å². The molecule has 9 heteroatoms. The van der Waals surface area contributed by atoms with Crippen LogP contribution in [0.2, 0.25) is 0 Å². The molecule has 0 atom stereocenters. The third-order valence-corrected chi connectivity index (χ3v) is 4.06. The molecule has 0 saturated carbocycles. The zero-order valence-corrected chi connectivity index (χ0v) is 13.7. The number of aromatic amines is 1. The van der Waals surface area contributed by atoms with Crippen molar-refractivity contribution in [3.05, 3.63) is 22.3 Å². The van der Waals surface area contributed by atoms with Crippen LogP contribution in [0.3, 0.4) is 0 Å². The molecule has 2 aromatic heterocycles. The highest BCUT2D eigenvalue weighted by Crippen LogP contribution is 2.22. The predicted molar refractivity (Wildman–Crippen MR) is 87.0 cm³/mol. The first kappa shape index (κ1) is 16.4. The number of carbonyl (C=O) groups is 2. The second kappa shape index (κ2) is 7.85. The molecule has 0 saturated heterocycles. The zero-order chi connectivity index (χ0) is 15.9. The Morgan fingerprint density at radius 3 is 2.91 bits per heavy atom. The maximum Gasteiger partial charge on any atom is 0.239 e. The number of hydrogen-bond donors (Lipinski definition) is 3. The van der Waals surface area contributed by atoms with Crippen LogP contribution < -0.4 is 10.6 Å². The Balaban J connectivity index is 1.92. The van der Waals surface area contributed by atoms with Gasteiger partial charge >= 0.3 is 0 Å². The minimum absolute atomic E-state index is 0.0127. The summed E-state index contributed by atoms with van der Waals surface area (Å²) in [6.07, 6.45) is 0.228. The van der Waals surface area contributed by atoms with E-state index in [1.807, 2.05) is 24.4 Å². The molecular weight excluding hydrogens is 322 g/mol. The van der Waals surface area contributed by atoms with E-state index in [1.54, 1.807) is 15.9 Å². The summed E-state index contributed by atoms with van der Waals surface area (Å²) in [4.78, 5) is 24.1. The summed E-state index contributed by atoms with van der Waals surface area (Å²) >= 11 is 6.75. The minimum Gasteiger partial charge on any atom is -0.355 e. The summed E-state index contributed by atoms with van der Waals surface area (Å²) in [5, 5.41) is 14.1. The summed E-state index contributed by atoms with van der Waals surface area (Å²) in [6, 6.07) is 3.88. The van der Waals surface area contributed by atoms with Crippen molar-refractivity contribution < 1.29 is 9.59 Å². The number of H-pyrrole nitrogens is 1. The molecule has 2 rings (SSSR count). The highest BCUT2D eigenvalue weighted by molar-refractivity contribution is 7.71. The minimum atomic E-state index is -0.202. The van der Waals surface area contributed by atoms with E-state index in [-0.39, 0.29) is 24.8 Å². The first-order valence-corrected chi connectivity index (χ1v) is 8.13. The number of carbonyl (C=O) groups excluding carboxylic acids is 2. The van der Waals surface area contributed by atoms with Crippen LogP contribution in [0.4, 0.5) is 0 Å². The quantitative estimate of drug-likeness (QED) is 0.663. The van der Waals surface area contributed by atoms with Gasteiger partial charge in [0.25, 0.3) is 0 Å². The van der Waals surface area contributed by atoms with Crippen LogP contribution in [-0.2, 0) is 16.1 Å². The van der Waals surface area contributed by atoms with E-state index in [9.17, 15) is 9.59 Å². The summed E-state index contributed by atoms with van der Waals surface area (Å²) < 4.78 is 2.26. The van der Waals surface area contributed by atoms with Gasteiger partial charge in [-0.2, -0.15) is 5.10 Å². The number of amides is 2. The molecule has 7 nitrogen and oxygen atoms in total. The highest BCUT2D eigenvalue weighted by atomic mass is 32.1. The van der Waals surface area contributed by atoms with Crippen molar-refractivity contribution in [2.45, 2.75) is 19.9 Å². The Bertz CT molecular complexity index is 690. The Morgan fingerprint density at radius 2 is 2.23 bits per heavy atom. The molecule has 0 aliphatic rings. The molecule has 2 amide bonds. The molecule has 22 heavy (non-hydrogen) atoms. The molecule has 2 aromatic rings. The summed E-state index contributed by atoms with van der Waals surface area (Å²) in [5.41, 5.74) is 0. The number of hydrogen-bond acceptors (Lipinski definition) is 5. The molecule has 0 spiro atoms. The number of nitrogens with zero attached hydrogens (tertiary/aromatic N) is 2. The van der Waals surface area contributed by atoms with E-state index >= 15 is 0 Å². The molecular formula is C13H17N5O2S2.